The van der Waals surface area contributed by atoms with Crippen LogP contribution >= 0.6 is 0 Å². The van der Waals surface area contributed by atoms with Gasteiger partial charge in [-0.25, -0.2) is 4.79 Å². The fraction of sp³-hybridized carbons (Fsp3) is 0.423. The van der Waals surface area contributed by atoms with Gasteiger partial charge in [0.2, 0.25) is 0 Å². The molecule has 0 aliphatic heterocycles. The highest BCUT2D eigenvalue weighted by Gasteiger charge is 2.34. The summed E-state index contributed by atoms with van der Waals surface area (Å²) in [6.07, 6.45) is 1.88. The summed E-state index contributed by atoms with van der Waals surface area (Å²) in [6, 6.07) is 14.0. The Bertz CT molecular complexity index is 965. The van der Waals surface area contributed by atoms with Crippen molar-refractivity contribution in [2.24, 2.45) is 5.92 Å². The average molecular weight is 453 g/mol. The molecule has 0 heterocycles. The topological polar surface area (TPSA) is 84.9 Å². The molecule has 7 nitrogen and oxygen atoms in total. The minimum atomic E-state index is -0.845. The van der Waals surface area contributed by atoms with Gasteiger partial charge in [-0.2, -0.15) is 0 Å². The molecule has 176 valence electrons. The summed E-state index contributed by atoms with van der Waals surface area (Å²) >= 11 is 0. The van der Waals surface area contributed by atoms with E-state index in [0.717, 1.165) is 29.7 Å². The molecule has 1 atom stereocenters. The van der Waals surface area contributed by atoms with Gasteiger partial charge in [-0.1, -0.05) is 43.7 Å². The summed E-state index contributed by atoms with van der Waals surface area (Å²) < 4.78 is 10.5. The molecular formula is C26H32N2O5. The van der Waals surface area contributed by atoms with Crippen LogP contribution in [0.2, 0.25) is 0 Å². The number of nitrogens with zero attached hydrogens (tertiary/aromatic N) is 1. The molecule has 7 heteroatoms. The second-order valence-corrected chi connectivity index (χ2v) is 8.77. The van der Waals surface area contributed by atoms with E-state index in [1.165, 1.54) is 0 Å². The predicted molar refractivity (Wildman–Crippen MR) is 125 cm³/mol. The maximum atomic E-state index is 12.9. The molecule has 1 aliphatic rings. The van der Waals surface area contributed by atoms with E-state index in [1.807, 2.05) is 57.2 Å². The quantitative estimate of drug-likeness (QED) is 0.558. The number of ether oxygens (including phenoxy) is 2. The smallest absolute Gasteiger partial charge is 0.329 e. The van der Waals surface area contributed by atoms with E-state index in [0.29, 0.717) is 12.1 Å². The minimum Gasteiger partial charge on any atom is -0.497 e. The van der Waals surface area contributed by atoms with Crippen molar-refractivity contribution in [3.05, 3.63) is 65.2 Å². The van der Waals surface area contributed by atoms with Crippen LogP contribution in [0, 0.1) is 12.8 Å². The van der Waals surface area contributed by atoms with E-state index >= 15 is 0 Å². The lowest BCUT2D eigenvalue weighted by molar-refractivity contribution is -0.155. The van der Waals surface area contributed by atoms with E-state index < -0.39 is 12.0 Å². The van der Waals surface area contributed by atoms with E-state index in [-0.39, 0.29) is 30.4 Å². The van der Waals surface area contributed by atoms with Crippen LogP contribution in [0.15, 0.2) is 48.5 Å². The molecule has 0 bridgehead atoms. The number of amides is 2. The third kappa shape index (κ3) is 6.81. The molecule has 33 heavy (non-hydrogen) atoms. The standard InChI is InChI=1S/C26H32N2O5/c1-17(2)24(27-25(30)20-9-5-18(3)6-10-20)26(31)33-16-23(29)28(21-11-12-21)15-19-7-13-22(32-4)14-8-19/h5-10,13-14,17,21,24H,11-12,15-16H2,1-4H3,(H,27,30)/t24-/m0/s1. The van der Waals surface area contributed by atoms with Gasteiger partial charge in [0, 0.05) is 18.2 Å². The van der Waals surface area contributed by atoms with Gasteiger partial charge in [0.15, 0.2) is 6.61 Å². The Kier molecular flexibility index (Phi) is 8.09. The SMILES string of the molecule is COc1ccc(CN(C(=O)COC(=O)[C@@H](NC(=O)c2ccc(C)cc2)C(C)C)C2CC2)cc1. The summed E-state index contributed by atoms with van der Waals surface area (Å²) in [6.45, 7) is 5.68. The molecule has 2 aromatic carbocycles. The van der Waals surface area contributed by atoms with Crippen LogP contribution in [0.5, 0.6) is 5.75 Å². The number of carbonyl (C=O) groups excluding carboxylic acids is 3. The first-order valence-electron chi connectivity index (χ1n) is 11.2. The van der Waals surface area contributed by atoms with Gasteiger partial charge in [0.1, 0.15) is 11.8 Å². The van der Waals surface area contributed by atoms with Crippen molar-refractivity contribution in [3.8, 4) is 5.75 Å². The lowest BCUT2D eigenvalue weighted by Crippen LogP contribution is -2.46. The van der Waals surface area contributed by atoms with Gasteiger partial charge in [-0.15, -0.1) is 0 Å². The second-order valence-electron chi connectivity index (χ2n) is 8.77. The van der Waals surface area contributed by atoms with Gasteiger partial charge in [0.05, 0.1) is 7.11 Å². The first kappa shape index (κ1) is 24.3. The normalized spacial score (nSPS) is 13.8. The number of benzene rings is 2. The largest absolute Gasteiger partial charge is 0.497 e. The van der Waals surface area contributed by atoms with Crippen molar-refractivity contribution in [1.29, 1.82) is 0 Å². The van der Waals surface area contributed by atoms with Crippen LogP contribution in [0.25, 0.3) is 0 Å². The maximum Gasteiger partial charge on any atom is 0.329 e. The van der Waals surface area contributed by atoms with E-state index in [2.05, 4.69) is 5.32 Å². The summed E-state index contributed by atoms with van der Waals surface area (Å²) in [5.41, 5.74) is 2.49. The zero-order valence-electron chi connectivity index (χ0n) is 19.7. The van der Waals surface area contributed by atoms with E-state index in [4.69, 9.17) is 9.47 Å². The maximum absolute atomic E-state index is 12.9. The lowest BCUT2D eigenvalue weighted by Gasteiger charge is -2.24. The molecule has 0 radical (unpaired) electrons. The molecule has 1 N–H and O–H groups in total. The Morgan fingerprint density at radius 1 is 1.03 bits per heavy atom. The van der Waals surface area contributed by atoms with Gasteiger partial charge >= 0.3 is 5.97 Å². The molecule has 1 fully saturated rings. The number of methoxy groups -OCH3 is 1. The number of carbonyl (C=O) groups is 3. The van der Waals surface area contributed by atoms with Crippen LogP contribution in [0.3, 0.4) is 0 Å². The number of esters is 1. The number of hydrogen-bond acceptors (Lipinski definition) is 5. The van der Waals surface area contributed by atoms with E-state index in [1.54, 1.807) is 24.1 Å². The van der Waals surface area contributed by atoms with Gasteiger partial charge in [0.25, 0.3) is 11.8 Å². The fourth-order valence-electron chi connectivity index (χ4n) is 3.47. The molecule has 0 unspecified atom stereocenters. The van der Waals surface area contributed by atoms with Crippen LogP contribution < -0.4 is 10.1 Å². The monoisotopic (exact) mass is 452 g/mol. The molecule has 1 aliphatic carbocycles. The van der Waals surface area contributed by atoms with Crippen LogP contribution in [-0.4, -0.2) is 48.5 Å². The lowest BCUT2D eigenvalue weighted by atomic mass is 10.0. The minimum absolute atomic E-state index is 0.167. The highest BCUT2D eigenvalue weighted by molar-refractivity contribution is 5.97. The van der Waals surface area contributed by atoms with Gasteiger partial charge in [-0.3, -0.25) is 9.59 Å². The molecule has 1 saturated carbocycles. The molecule has 0 aromatic heterocycles. The first-order chi connectivity index (χ1) is 15.8. The average Bonchev–Trinajstić information content (AvgIpc) is 3.65. The zero-order valence-corrected chi connectivity index (χ0v) is 19.7. The van der Waals surface area contributed by atoms with Gasteiger partial charge < -0.3 is 19.7 Å². The Morgan fingerprint density at radius 2 is 1.67 bits per heavy atom. The molecule has 3 rings (SSSR count). The van der Waals surface area contributed by atoms with Gasteiger partial charge in [-0.05, 0) is 55.5 Å². The third-order valence-corrected chi connectivity index (χ3v) is 5.68. The summed E-state index contributed by atoms with van der Waals surface area (Å²) in [5.74, 6) is -0.644. The first-order valence-corrected chi connectivity index (χ1v) is 11.2. The fourth-order valence-corrected chi connectivity index (χ4v) is 3.47. The van der Waals surface area contributed by atoms with Crippen LogP contribution in [0.4, 0.5) is 0 Å². The summed E-state index contributed by atoms with van der Waals surface area (Å²) in [7, 11) is 1.61. The van der Waals surface area contributed by atoms with Crippen molar-refractivity contribution in [1.82, 2.24) is 10.2 Å². The number of rotatable bonds is 10. The Hall–Kier alpha value is -3.35. The summed E-state index contributed by atoms with van der Waals surface area (Å²) in [5, 5.41) is 2.74. The molecular weight excluding hydrogens is 420 g/mol. The highest BCUT2D eigenvalue weighted by Crippen LogP contribution is 2.29. The Labute approximate surface area is 195 Å². The number of hydrogen-bond donors (Lipinski definition) is 1. The van der Waals surface area contributed by atoms with Crippen molar-refractivity contribution >= 4 is 17.8 Å². The second kappa shape index (κ2) is 11.0. The zero-order chi connectivity index (χ0) is 24.0. The van der Waals surface area contributed by atoms with Crippen LogP contribution in [-0.2, 0) is 20.9 Å². The molecule has 0 saturated heterocycles. The number of nitrogens with one attached hydrogen (secondary N) is 1. The Morgan fingerprint density at radius 3 is 2.21 bits per heavy atom. The predicted octanol–water partition coefficient (Wildman–Crippen LogP) is 3.49. The molecule has 2 aromatic rings. The highest BCUT2D eigenvalue weighted by atomic mass is 16.5. The van der Waals surface area contributed by atoms with E-state index in [9.17, 15) is 14.4 Å². The van der Waals surface area contributed by atoms with Crippen molar-refractivity contribution in [2.45, 2.75) is 52.2 Å². The third-order valence-electron chi connectivity index (χ3n) is 5.68. The summed E-state index contributed by atoms with van der Waals surface area (Å²) in [4.78, 5) is 39.9. The van der Waals surface area contributed by atoms with Crippen molar-refractivity contribution in [3.63, 3.8) is 0 Å². The van der Waals surface area contributed by atoms with Crippen molar-refractivity contribution in [2.75, 3.05) is 13.7 Å². The Balaban J connectivity index is 1.58. The van der Waals surface area contributed by atoms with Crippen LogP contribution in [0.1, 0.15) is 48.2 Å². The number of aryl methyl sites for hydroxylation is 1. The molecule has 0 spiro atoms. The van der Waals surface area contributed by atoms with Crippen molar-refractivity contribution < 1.29 is 23.9 Å². The molecule has 2 amide bonds.